The van der Waals surface area contributed by atoms with Gasteiger partial charge in [-0.3, -0.25) is 4.90 Å². The van der Waals surface area contributed by atoms with E-state index in [1.807, 2.05) is 13.0 Å². The molecule has 0 unspecified atom stereocenters. The van der Waals surface area contributed by atoms with Crippen LogP contribution in [0.25, 0.3) is 22.3 Å². The molecular weight excluding hydrogens is 314 g/mol. The van der Waals surface area contributed by atoms with Gasteiger partial charge in [0.1, 0.15) is 0 Å². The highest BCUT2D eigenvalue weighted by molar-refractivity contribution is 5.89. The summed E-state index contributed by atoms with van der Waals surface area (Å²) in [5, 5.41) is 0. The molecule has 3 aromatic rings. The lowest BCUT2D eigenvalue weighted by Crippen LogP contribution is -2.40. The normalized spacial score (nSPS) is 15.2. The van der Waals surface area contributed by atoms with Crippen molar-refractivity contribution >= 4 is 16.9 Å². The second kappa shape index (κ2) is 5.83. The number of hydrogen-bond donors (Lipinski definition) is 1. The number of H-pyrrole nitrogens is 2. The van der Waals surface area contributed by atoms with Crippen LogP contribution in [0.3, 0.4) is 0 Å². The molecule has 1 fully saturated rings. The summed E-state index contributed by atoms with van der Waals surface area (Å²) >= 11 is 0. The maximum Gasteiger partial charge on any atom is 0.249 e. The second-order valence-electron chi connectivity index (χ2n) is 5.84. The van der Waals surface area contributed by atoms with Gasteiger partial charge in [0.2, 0.25) is 11.6 Å². The molecule has 0 radical (unpaired) electrons. The summed E-state index contributed by atoms with van der Waals surface area (Å²) in [6, 6.07) is 5.72. The molecule has 1 aliphatic rings. The van der Waals surface area contributed by atoms with Crippen molar-refractivity contribution in [3.8, 4) is 11.3 Å². The minimum Gasteiger partial charge on any atom is -0.375 e. The summed E-state index contributed by atoms with van der Waals surface area (Å²) in [6.45, 7) is 4.82. The fourth-order valence-corrected chi connectivity index (χ4v) is 3.00. The summed E-state index contributed by atoms with van der Waals surface area (Å²) in [5.41, 5.74) is 2.91. The minimum absolute atomic E-state index is 0.581. The third-order valence-corrected chi connectivity index (χ3v) is 4.18. The molecule has 7 heteroatoms. The summed E-state index contributed by atoms with van der Waals surface area (Å²) < 4.78 is 32.1. The van der Waals surface area contributed by atoms with Gasteiger partial charge < -0.3 is 9.72 Å². The lowest BCUT2D eigenvalue weighted by Gasteiger charge is -2.23. The fourth-order valence-electron chi connectivity index (χ4n) is 3.00. The predicted molar refractivity (Wildman–Crippen MR) is 85.8 cm³/mol. The highest BCUT2D eigenvalue weighted by Gasteiger charge is 2.23. The number of rotatable bonds is 2. The fraction of sp³-hybridized carbons (Fsp3) is 0.294. The molecule has 1 saturated heterocycles. The van der Waals surface area contributed by atoms with E-state index in [2.05, 4.69) is 19.9 Å². The van der Waals surface area contributed by atoms with Crippen LogP contribution in [0.5, 0.6) is 0 Å². The average Bonchev–Trinajstić information content (AvgIpc) is 3.01. The molecule has 124 valence electrons. The molecule has 3 heterocycles. The van der Waals surface area contributed by atoms with Gasteiger partial charge in [0, 0.05) is 24.2 Å². The number of hydrogen-bond acceptors (Lipinski definition) is 3. The van der Waals surface area contributed by atoms with Crippen LogP contribution < -0.4 is 9.88 Å². The number of nitrogens with zero attached hydrogens (tertiary/aromatic N) is 2. The number of aromatic nitrogens is 3. The van der Waals surface area contributed by atoms with E-state index in [0.717, 1.165) is 41.8 Å². The van der Waals surface area contributed by atoms with Crippen LogP contribution in [0, 0.1) is 18.6 Å². The highest BCUT2D eigenvalue weighted by Crippen LogP contribution is 2.28. The molecule has 2 aromatic heterocycles. The molecule has 0 amide bonds. The molecule has 1 aliphatic heterocycles. The van der Waals surface area contributed by atoms with Crippen molar-refractivity contribution in [2.24, 2.45) is 0 Å². The number of aryl methyl sites for hydroxylation is 1. The quantitative estimate of drug-likeness (QED) is 0.785. The number of halogens is 2. The predicted octanol–water partition coefficient (Wildman–Crippen LogP) is 2.47. The van der Waals surface area contributed by atoms with Crippen molar-refractivity contribution in [2.75, 3.05) is 31.2 Å². The Morgan fingerprint density at radius 2 is 1.96 bits per heavy atom. The van der Waals surface area contributed by atoms with Crippen LogP contribution in [-0.4, -0.2) is 36.3 Å². The number of anilines is 1. The molecule has 5 nitrogen and oxygen atoms in total. The monoisotopic (exact) mass is 331 g/mol. The highest BCUT2D eigenvalue weighted by atomic mass is 19.2. The van der Waals surface area contributed by atoms with Crippen molar-refractivity contribution in [1.29, 1.82) is 0 Å². The summed E-state index contributed by atoms with van der Waals surface area (Å²) in [4.78, 5) is 13.3. The van der Waals surface area contributed by atoms with Gasteiger partial charge in [-0.05, 0) is 18.2 Å². The lowest BCUT2D eigenvalue weighted by atomic mass is 10.1. The van der Waals surface area contributed by atoms with E-state index < -0.39 is 11.6 Å². The number of morpholine rings is 1. The van der Waals surface area contributed by atoms with Crippen LogP contribution in [0.15, 0.2) is 24.3 Å². The molecule has 0 saturated carbocycles. The van der Waals surface area contributed by atoms with Gasteiger partial charge in [0.25, 0.3) is 0 Å². The SMILES string of the molecule is Cc1nc2cc(-c3ccc(F)c(F)c3)[nH]c2c(N2CCOCC2)[nH+]1. The van der Waals surface area contributed by atoms with E-state index in [1.165, 1.54) is 6.07 Å². The Balaban J connectivity index is 1.83. The minimum atomic E-state index is -0.865. The first-order valence-corrected chi connectivity index (χ1v) is 7.82. The average molecular weight is 331 g/mol. The number of ether oxygens (including phenoxy) is 1. The van der Waals surface area contributed by atoms with Gasteiger partial charge in [-0.2, -0.15) is 0 Å². The molecule has 0 bridgehead atoms. The Hall–Kier alpha value is -2.54. The smallest absolute Gasteiger partial charge is 0.249 e. The van der Waals surface area contributed by atoms with Crippen LogP contribution >= 0.6 is 0 Å². The van der Waals surface area contributed by atoms with Crippen LogP contribution in [-0.2, 0) is 4.74 Å². The van der Waals surface area contributed by atoms with Crippen molar-refractivity contribution in [1.82, 2.24) is 9.97 Å². The Kier molecular flexibility index (Phi) is 3.65. The van der Waals surface area contributed by atoms with Crippen molar-refractivity contribution in [3.05, 3.63) is 41.7 Å². The first kappa shape index (κ1) is 15.0. The van der Waals surface area contributed by atoms with Gasteiger partial charge >= 0.3 is 0 Å². The number of benzene rings is 1. The van der Waals surface area contributed by atoms with Crippen molar-refractivity contribution in [3.63, 3.8) is 0 Å². The summed E-state index contributed by atoms with van der Waals surface area (Å²) in [6.07, 6.45) is 0. The molecule has 0 spiro atoms. The van der Waals surface area contributed by atoms with Gasteiger partial charge in [-0.15, -0.1) is 4.98 Å². The molecular formula is C17H17F2N4O+. The van der Waals surface area contributed by atoms with Gasteiger partial charge in [0.15, 0.2) is 22.7 Å². The van der Waals surface area contributed by atoms with E-state index in [1.54, 1.807) is 6.07 Å². The number of aromatic amines is 2. The van der Waals surface area contributed by atoms with Crippen molar-refractivity contribution < 1.29 is 18.5 Å². The standard InChI is InChI=1S/C17H16F2N4O/c1-10-20-15-9-14(11-2-3-12(18)13(19)8-11)22-16(15)17(21-10)23-4-6-24-7-5-23/h2-3,8-9,22H,4-7H2,1H3/p+1. The molecule has 0 aliphatic carbocycles. The van der Waals surface area contributed by atoms with Crippen LogP contribution in [0.4, 0.5) is 14.6 Å². The lowest BCUT2D eigenvalue weighted by molar-refractivity contribution is -0.377. The Labute approximate surface area is 137 Å². The van der Waals surface area contributed by atoms with E-state index in [-0.39, 0.29) is 0 Å². The Bertz CT molecular complexity index is 903. The third kappa shape index (κ3) is 2.60. The van der Waals surface area contributed by atoms with E-state index >= 15 is 0 Å². The summed E-state index contributed by atoms with van der Waals surface area (Å²) in [5.74, 6) is 0.0101. The molecule has 1 aromatic carbocycles. The first-order valence-electron chi connectivity index (χ1n) is 7.82. The van der Waals surface area contributed by atoms with Gasteiger partial charge in [-0.25, -0.2) is 13.8 Å². The zero-order chi connectivity index (χ0) is 16.7. The first-order chi connectivity index (χ1) is 11.6. The number of nitrogens with one attached hydrogen (secondary N) is 2. The van der Waals surface area contributed by atoms with E-state index in [9.17, 15) is 8.78 Å². The third-order valence-electron chi connectivity index (χ3n) is 4.18. The van der Waals surface area contributed by atoms with E-state index in [4.69, 9.17) is 4.74 Å². The van der Waals surface area contributed by atoms with Crippen LogP contribution in [0.2, 0.25) is 0 Å². The largest absolute Gasteiger partial charge is 0.375 e. The Morgan fingerprint density at radius 1 is 1.17 bits per heavy atom. The number of fused-ring (bicyclic) bond motifs is 1. The summed E-state index contributed by atoms with van der Waals surface area (Å²) in [7, 11) is 0. The van der Waals surface area contributed by atoms with E-state index in [0.29, 0.717) is 24.5 Å². The molecule has 4 rings (SSSR count). The van der Waals surface area contributed by atoms with Gasteiger partial charge in [0.05, 0.1) is 26.3 Å². The zero-order valence-corrected chi connectivity index (χ0v) is 13.2. The zero-order valence-electron chi connectivity index (χ0n) is 13.2. The maximum absolute atomic E-state index is 13.5. The topological polar surface area (TPSA) is 55.3 Å². The molecule has 24 heavy (non-hydrogen) atoms. The van der Waals surface area contributed by atoms with Crippen LogP contribution in [0.1, 0.15) is 5.82 Å². The molecule has 2 N–H and O–H groups in total. The maximum atomic E-state index is 13.5. The van der Waals surface area contributed by atoms with Gasteiger partial charge in [-0.1, -0.05) is 0 Å². The second-order valence-corrected chi connectivity index (χ2v) is 5.84. The molecule has 0 atom stereocenters. The van der Waals surface area contributed by atoms with Crippen molar-refractivity contribution in [2.45, 2.75) is 6.92 Å². The Morgan fingerprint density at radius 3 is 2.71 bits per heavy atom.